The van der Waals surface area contributed by atoms with Crippen molar-refractivity contribution in [1.82, 2.24) is 0 Å². The average Bonchev–Trinajstić information content (AvgIpc) is 2.22. The van der Waals surface area contributed by atoms with E-state index in [0.717, 1.165) is 24.3 Å². The Morgan fingerprint density at radius 1 is 1.31 bits per heavy atom. The van der Waals surface area contributed by atoms with Crippen LogP contribution >= 0.6 is 0 Å². The minimum atomic E-state index is 0.167. The molecule has 2 N–H and O–H groups in total. The van der Waals surface area contributed by atoms with Crippen LogP contribution < -0.4 is 10.5 Å². The first-order chi connectivity index (χ1) is 6.38. The van der Waals surface area contributed by atoms with Gasteiger partial charge < -0.3 is 10.5 Å². The topological polar surface area (TPSA) is 35.2 Å². The van der Waals surface area contributed by atoms with Crippen LogP contribution in [0.15, 0.2) is 37.4 Å². The van der Waals surface area contributed by atoms with Gasteiger partial charge in [0, 0.05) is 18.0 Å². The molecule has 1 heterocycles. The fourth-order valence-electron chi connectivity index (χ4n) is 1.37. The SMILES string of the molecule is C=C.N[C@@H]1CCOc2ccccc21. The van der Waals surface area contributed by atoms with Crippen molar-refractivity contribution in [2.75, 3.05) is 6.61 Å². The summed E-state index contributed by atoms with van der Waals surface area (Å²) in [5.41, 5.74) is 7.00. The maximum atomic E-state index is 5.87. The molecule has 1 atom stereocenters. The van der Waals surface area contributed by atoms with Crippen LogP contribution in [-0.2, 0) is 0 Å². The van der Waals surface area contributed by atoms with Crippen molar-refractivity contribution < 1.29 is 4.74 Å². The Morgan fingerprint density at radius 2 is 2.00 bits per heavy atom. The Kier molecular flexibility index (Phi) is 3.53. The van der Waals surface area contributed by atoms with E-state index >= 15 is 0 Å². The van der Waals surface area contributed by atoms with Crippen LogP contribution in [0, 0.1) is 0 Å². The van der Waals surface area contributed by atoms with Crippen LogP contribution in [0.2, 0.25) is 0 Å². The third kappa shape index (κ3) is 2.10. The van der Waals surface area contributed by atoms with Crippen LogP contribution in [0.5, 0.6) is 5.75 Å². The zero-order valence-corrected chi connectivity index (χ0v) is 7.70. The molecule has 0 fully saturated rings. The molecule has 0 saturated heterocycles. The molecule has 0 bridgehead atoms. The molecule has 0 radical (unpaired) electrons. The van der Waals surface area contributed by atoms with Gasteiger partial charge in [-0.2, -0.15) is 0 Å². The lowest BCUT2D eigenvalue weighted by Gasteiger charge is -2.22. The van der Waals surface area contributed by atoms with Crippen LogP contribution in [0.25, 0.3) is 0 Å². The maximum absolute atomic E-state index is 5.87. The zero-order chi connectivity index (χ0) is 9.68. The highest BCUT2D eigenvalue weighted by Crippen LogP contribution is 2.29. The number of hydrogen-bond acceptors (Lipinski definition) is 2. The monoisotopic (exact) mass is 177 g/mol. The second kappa shape index (κ2) is 4.67. The number of benzene rings is 1. The van der Waals surface area contributed by atoms with Gasteiger partial charge in [0.2, 0.25) is 0 Å². The van der Waals surface area contributed by atoms with Gasteiger partial charge in [0.1, 0.15) is 5.75 Å². The summed E-state index contributed by atoms with van der Waals surface area (Å²) in [6.45, 7) is 6.75. The predicted molar refractivity (Wildman–Crippen MR) is 54.7 cm³/mol. The second-order valence-corrected chi connectivity index (χ2v) is 2.78. The standard InChI is InChI=1S/C9H11NO.C2H4/c10-8-5-6-11-9-4-2-1-3-7(8)9;1-2/h1-4,8H,5-6,10H2;1-2H2/t8-;/m1./s1. The molecule has 1 aliphatic rings. The van der Waals surface area contributed by atoms with Gasteiger partial charge in [0.15, 0.2) is 0 Å². The van der Waals surface area contributed by atoms with Crippen molar-refractivity contribution in [3.63, 3.8) is 0 Å². The summed E-state index contributed by atoms with van der Waals surface area (Å²) in [4.78, 5) is 0. The lowest BCUT2D eigenvalue weighted by atomic mass is 10.0. The van der Waals surface area contributed by atoms with Crippen LogP contribution in [0.4, 0.5) is 0 Å². The molecule has 2 heteroatoms. The van der Waals surface area contributed by atoms with E-state index in [1.54, 1.807) is 0 Å². The van der Waals surface area contributed by atoms with Gasteiger partial charge in [0.05, 0.1) is 6.61 Å². The highest BCUT2D eigenvalue weighted by molar-refractivity contribution is 5.36. The zero-order valence-electron chi connectivity index (χ0n) is 7.70. The van der Waals surface area contributed by atoms with E-state index in [0.29, 0.717) is 0 Å². The van der Waals surface area contributed by atoms with Gasteiger partial charge >= 0.3 is 0 Å². The molecule has 1 aromatic carbocycles. The average molecular weight is 177 g/mol. The largest absolute Gasteiger partial charge is 0.493 e. The summed E-state index contributed by atoms with van der Waals surface area (Å²) in [6, 6.07) is 8.12. The van der Waals surface area contributed by atoms with Crippen molar-refractivity contribution in [2.24, 2.45) is 5.73 Å². The Bertz CT molecular complexity index is 273. The molecule has 0 aromatic heterocycles. The third-order valence-corrected chi connectivity index (χ3v) is 2.00. The number of fused-ring (bicyclic) bond motifs is 1. The van der Waals surface area contributed by atoms with Gasteiger partial charge in [-0.1, -0.05) is 18.2 Å². The first kappa shape index (κ1) is 9.81. The van der Waals surface area contributed by atoms with E-state index in [2.05, 4.69) is 13.2 Å². The molecule has 0 spiro atoms. The lowest BCUT2D eigenvalue weighted by Crippen LogP contribution is -2.20. The van der Waals surface area contributed by atoms with Crippen molar-refractivity contribution in [3.05, 3.63) is 43.0 Å². The molecule has 0 aliphatic carbocycles. The fraction of sp³-hybridized carbons (Fsp3) is 0.273. The molecule has 70 valence electrons. The van der Waals surface area contributed by atoms with E-state index in [9.17, 15) is 0 Å². The number of rotatable bonds is 0. The van der Waals surface area contributed by atoms with Gasteiger partial charge in [0.25, 0.3) is 0 Å². The Labute approximate surface area is 79.0 Å². The Hall–Kier alpha value is -1.28. The Morgan fingerprint density at radius 3 is 2.69 bits per heavy atom. The Balaban J connectivity index is 0.000000396. The summed E-state index contributed by atoms with van der Waals surface area (Å²) in [5, 5.41) is 0. The molecule has 0 saturated carbocycles. The molecule has 0 amide bonds. The van der Waals surface area contributed by atoms with Crippen LogP contribution in [-0.4, -0.2) is 6.61 Å². The number of hydrogen-bond donors (Lipinski definition) is 1. The van der Waals surface area contributed by atoms with Crippen LogP contribution in [0.1, 0.15) is 18.0 Å². The lowest BCUT2D eigenvalue weighted by molar-refractivity contribution is 0.269. The fourth-order valence-corrected chi connectivity index (χ4v) is 1.37. The first-order valence-corrected chi connectivity index (χ1v) is 4.35. The molecule has 1 aromatic rings. The number of para-hydroxylation sites is 1. The van der Waals surface area contributed by atoms with E-state index in [4.69, 9.17) is 10.5 Å². The second-order valence-electron chi connectivity index (χ2n) is 2.78. The van der Waals surface area contributed by atoms with Gasteiger partial charge in [-0.05, 0) is 6.07 Å². The number of nitrogens with two attached hydrogens (primary N) is 1. The molecule has 2 nitrogen and oxygen atoms in total. The van der Waals surface area contributed by atoms with E-state index in [1.165, 1.54) is 0 Å². The predicted octanol–water partition coefficient (Wildman–Crippen LogP) is 2.27. The van der Waals surface area contributed by atoms with E-state index in [1.807, 2.05) is 24.3 Å². The third-order valence-electron chi connectivity index (χ3n) is 2.00. The molecular weight excluding hydrogens is 162 g/mol. The van der Waals surface area contributed by atoms with Crippen LogP contribution in [0.3, 0.4) is 0 Å². The minimum Gasteiger partial charge on any atom is -0.493 e. The minimum absolute atomic E-state index is 0.167. The summed E-state index contributed by atoms with van der Waals surface area (Å²) in [6.07, 6.45) is 0.928. The van der Waals surface area contributed by atoms with Gasteiger partial charge in [-0.15, -0.1) is 13.2 Å². The van der Waals surface area contributed by atoms with Crippen molar-refractivity contribution >= 4 is 0 Å². The summed E-state index contributed by atoms with van der Waals surface area (Å²) in [5.74, 6) is 0.950. The highest BCUT2D eigenvalue weighted by Gasteiger charge is 2.16. The number of ether oxygens (including phenoxy) is 1. The quantitative estimate of drug-likeness (QED) is 0.617. The van der Waals surface area contributed by atoms with Gasteiger partial charge in [-0.3, -0.25) is 0 Å². The normalized spacial score (nSPS) is 19.0. The molecular formula is C11H15NO. The summed E-state index contributed by atoms with van der Waals surface area (Å²) < 4.78 is 5.41. The van der Waals surface area contributed by atoms with Crippen molar-refractivity contribution in [1.29, 1.82) is 0 Å². The molecule has 13 heavy (non-hydrogen) atoms. The van der Waals surface area contributed by atoms with Gasteiger partial charge in [-0.25, -0.2) is 0 Å². The van der Waals surface area contributed by atoms with E-state index < -0.39 is 0 Å². The molecule has 1 aliphatic heterocycles. The maximum Gasteiger partial charge on any atom is 0.124 e. The first-order valence-electron chi connectivity index (χ1n) is 4.35. The summed E-state index contributed by atoms with van der Waals surface area (Å²) in [7, 11) is 0. The smallest absolute Gasteiger partial charge is 0.124 e. The van der Waals surface area contributed by atoms with Crippen molar-refractivity contribution in [3.8, 4) is 5.75 Å². The highest BCUT2D eigenvalue weighted by atomic mass is 16.5. The molecule has 2 rings (SSSR count). The molecule has 0 unspecified atom stereocenters. The van der Waals surface area contributed by atoms with Crippen molar-refractivity contribution in [2.45, 2.75) is 12.5 Å². The summed E-state index contributed by atoms with van der Waals surface area (Å²) >= 11 is 0. The van der Waals surface area contributed by atoms with E-state index in [-0.39, 0.29) is 6.04 Å².